The Hall–Kier alpha value is -2.80. The van der Waals surface area contributed by atoms with Gasteiger partial charge < -0.3 is 5.32 Å². The molecule has 2 aromatic carbocycles. The second-order valence-electron chi connectivity index (χ2n) is 5.77. The molecule has 0 aliphatic rings. The number of pyridine rings is 2. The summed E-state index contributed by atoms with van der Waals surface area (Å²) in [6.45, 7) is 0. The van der Waals surface area contributed by atoms with Crippen LogP contribution in [0, 0.1) is 3.57 Å². The third kappa shape index (κ3) is 3.30. The molecule has 0 spiro atoms. The number of carbonyl (C=O) groups is 1. The van der Waals surface area contributed by atoms with Gasteiger partial charge in [0.2, 0.25) is 0 Å². The van der Waals surface area contributed by atoms with E-state index in [1.807, 2.05) is 42.6 Å². The lowest BCUT2D eigenvalue weighted by Gasteiger charge is -2.11. The van der Waals surface area contributed by atoms with E-state index in [2.05, 4.69) is 50.0 Å². The Morgan fingerprint density at radius 1 is 0.923 bits per heavy atom. The molecular formula is C21H14IN3O. The summed E-state index contributed by atoms with van der Waals surface area (Å²) in [5, 5.41) is 5.17. The van der Waals surface area contributed by atoms with Crippen molar-refractivity contribution in [1.82, 2.24) is 9.97 Å². The molecule has 0 bridgehead atoms. The fourth-order valence-electron chi connectivity index (χ4n) is 2.83. The molecule has 5 heteroatoms. The van der Waals surface area contributed by atoms with Crippen molar-refractivity contribution in [3.8, 4) is 11.3 Å². The molecule has 0 saturated carbocycles. The van der Waals surface area contributed by atoms with Crippen molar-refractivity contribution in [2.75, 3.05) is 5.32 Å². The molecule has 4 rings (SSSR count). The molecule has 4 aromatic rings. The van der Waals surface area contributed by atoms with Crippen molar-refractivity contribution in [2.24, 2.45) is 0 Å². The topological polar surface area (TPSA) is 54.9 Å². The van der Waals surface area contributed by atoms with Crippen molar-refractivity contribution in [3.63, 3.8) is 0 Å². The zero-order valence-electron chi connectivity index (χ0n) is 13.7. The first-order valence-electron chi connectivity index (χ1n) is 8.07. The van der Waals surface area contributed by atoms with Gasteiger partial charge in [0, 0.05) is 44.4 Å². The first-order valence-corrected chi connectivity index (χ1v) is 9.15. The minimum atomic E-state index is -0.162. The number of fused-ring (bicyclic) bond motifs is 1. The van der Waals surface area contributed by atoms with E-state index in [1.54, 1.807) is 24.5 Å². The number of halogens is 1. The van der Waals surface area contributed by atoms with Gasteiger partial charge in [-0.15, -0.1) is 0 Å². The maximum absolute atomic E-state index is 12.4. The predicted octanol–water partition coefficient (Wildman–Crippen LogP) is 5.15. The molecule has 1 N–H and O–H groups in total. The van der Waals surface area contributed by atoms with Crippen LogP contribution in [0.15, 0.2) is 79.3 Å². The zero-order chi connectivity index (χ0) is 17.9. The number of rotatable bonds is 3. The van der Waals surface area contributed by atoms with Gasteiger partial charge in [-0.1, -0.05) is 24.3 Å². The van der Waals surface area contributed by atoms with Gasteiger partial charge in [0.1, 0.15) is 0 Å². The van der Waals surface area contributed by atoms with E-state index in [9.17, 15) is 4.79 Å². The third-order valence-electron chi connectivity index (χ3n) is 4.10. The first-order chi connectivity index (χ1) is 12.7. The molecular weight excluding hydrogens is 437 g/mol. The maximum atomic E-state index is 12.4. The lowest BCUT2D eigenvalue weighted by molar-refractivity contribution is 0.102. The van der Waals surface area contributed by atoms with E-state index < -0.39 is 0 Å². The van der Waals surface area contributed by atoms with E-state index in [4.69, 9.17) is 0 Å². The van der Waals surface area contributed by atoms with Crippen LogP contribution in [0.5, 0.6) is 0 Å². The second-order valence-corrected chi connectivity index (χ2v) is 6.93. The predicted molar refractivity (Wildman–Crippen MR) is 112 cm³/mol. The van der Waals surface area contributed by atoms with Crippen LogP contribution in [0.4, 0.5) is 5.69 Å². The van der Waals surface area contributed by atoms with E-state index >= 15 is 0 Å². The van der Waals surface area contributed by atoms with Gasteiger partial charge in [0.05, 0.1) is 5.69 Å². The third-order valence-corrected chi connectivity index (χ3v) is 5.04. The standard InChI is InChI=1S/C21H14IN3O/c22-19-6-5-16(25-21(26)15-7-10-23-11-8-15)13-18(19)20-17-4-2-1-3-14(17)9-12-24-20/h1-13H,(H,25,26). The van der Waals surface area contributed by atoms with Crippen molar-refractivity contribution >= 4 is 45.0 Å². The Balaban J connectivity index is 1.74. The Labute approximate surface area is 164 Å². The fraction of sp³-hybridized carbons (Fsp3) is 0. The van der Waals surface area contributed by atoms with E-state index in [0.717, 1.165) is 31.3 Å². The van der Waals surface area contributed by atoms with Crippen molar-refractivity contribution < 1.29 is 4.79 Å². The number of nitrogens with zero attached hydrogens (tertiary/aromatic N) is 2. The lowest BCUT2D eigenvalue weighted by Crippen LogP contribution is -2.12. The minimum Gasteiger partial charge on any atom is -0.322 e. The summed E-state index contributed by atoms with van der Waals surface area (Å²) in [6.07, 6.45) is 5.03. The molecule has 0 atom stereocenters. The molecule has 2 heterocycles. The van der Waals surface area contributed by atoms with Crippen LogP contribution in [0.25, 0.3) is 22.0 Å². The molecule has 0 saturated heterocycles. The molecule has 126 valence electrons. The smallest absolute Gasteiger partial charge is 0.255 e. The Kier molecular flexibility index (Phi) is 4.62. The van der Waals surface area contributed by atoms with Gasteiger partial charge >= 0.3 is 0 Å². The highest BCUT2D eigenvalue weighted by Gasteiger charge is 2.12. The van der Waals surface area contributed by atoms with Gasteiger partial charge in [0.25, 0.3) is 5.91 Å². The number of nitrogens with one attached hydrogen (secondary N) is 1. The maximum Gasteiger partial charge on any atom is 0.255 e. The number of benzene rings is 2. The Morgan fingerprint density at radius 2 is 1.73 bits per heavy atom. The Morgan fingerprint density at radius 3 is 2.58 bits per heavy atom. The highest BCUT2D eigenvalue weighted by Crippen LogP contribution is 2.32. The molecule has 2 aromatic heterocycles. The van der Waals surface area contributed by atoms with Crippen LogP contribution in [-0.2, 0) is 0 Å². The molecule has 26 heavy (non-hydrogen) atoms. The average Bonchev–Trinajstić information content (AvgIpc) is 2.70. The highest BCUT2D eigenvalue weighted by atomic mass is 127. The summed E-state index contributed by atoms with van der Waals surface area (Å²) in [7, 11) is 0. The summed E-state index contributed by atoms with van der Waals surface area (Å²) < 4.78 is 1.08. The molecule has 0 aliphatic carbocycles. The van der Waals surface area contributed by atoms with Crippen LogP contribution in [0.1, 0.15) is 10.4 Å². The number of anilines is 1. The number of aromatic nitrogens is 2. The van der Waals surface area contributed by atoms with Crippen molar-refractivity contribution in [1.29, 1.82) is 0 Å². The van der Waals surface area contributed by atoms with Gasteiger partial charge in [-0.25, -0.2) is 0 Å². The second kappa shape index (κ2) is 7.21. The number of amides is 1. The minimum absolute atomic E-state index is 0.162. The van der Waals surface area contributed by atoms with Crippen molar-refractivity contribution in [3.05, 3.63) is 88.4 Å². The summed E-state index contributed by atoms with van der Waals surface area (Å²) in [5.74, 6) is -0.162. The first kappa shape index (κ1) is 16.7. The van der Waals surface area contributed by atoms with Crippen LogP contribution in [-0.4, -0.2) is 15.9 Å². The largest absolute Gasteiger partial charge is 0.322 e. The summed E-state index contributed by atoms with van der Waals surface area (Å²) in [5.41, 5.74) is 3.21. The molecule has 0 radical (unpaired) electrons. The molecule has 4 nitrogen and oxygen atoms in total. The SMILES string of the molecule is O=C(Nc1ccc(I)c(-c2nccc3ccccc23)c1)c1ccncc1. The number of hydrogen-bond acceptors (Lipinski definition) is 3. The van der Waals surface area contributed by atoms with E-state index in [1.165, 1.54) is 0 Å². The number of carbonyl (C=O) groups excluding carboxylic acids is 1. The molecule has 1 amide bonds. The van der Waals surface area contributed by atoms with Crippen LogP contribution >= 0.6 is 22.6 Å². The molecule has 0 fully saturated rings. The summed E-state index contributed by atoms with van der Waals surface area (Å²) in [4.78, 5) is 20.9. The lowest BCUT2D eigenvalue weighted by atomic mass is 10.0. The average molecular weight is 451 g/mol. The fourth-order valence-corrected chi connectivity index (χ4v) is 3.42. The quantitative estimate of drug-likeness (QED) is 0.439. The monoisotopic (exact) mass is 451 g/mol. The Bertz CT molecular complexity index is 1090. The van der Waals surface area contributed by atoms with Gasteiger partial charge in [0.15, 0.2) is 0 Å². The van der Waals surface area contributed by atoms with Crippen LogP contribution < -0.4 is 5.32 Å². The van der Waals surface area contributed by atoms with Gasteiger partial charge in [-0.3, -0.25) is 14.8 Å². The highest BCUT2D eigenvalue weighted by molar-refractivity contribution is 14.1. The summed E-state index contributed by atoms with van der Waals surface area (Å²) in [6, 6.07) is 19.4. The summed E-state index contributed by atoms with van der Waals surface area (Å²) >= 11 is 2.30. The van der Waals surface area contributed by atoms with E-state index in [-0.39, 0.29) is 5.91 Å². The zero-order valence-corrected chi connectivity index (χ0v) is 15.8. The van der Waals surface area contributed by atoms with Crippen LogP contribution in [0.3, 0.4) is 0 Å². The van der Waals surface area contributed by atoms with Gasteiger partial charge in [-0.2, -0.15) is 0 Å². The van der Waals surface area contributed by atoms with Gasteiger partial charge in [-0.05, 0) is 64.4 Å². The molecule has 0 unspecified atom stereocenters. The number of hydrogen-bond donors (Lipinski definition) is 1. The normalized spacial score (nSPS) is 10.7. The van der Waals surface area contributed by atoms with E-state index in [0.29, 0.717) is 5.56 Å². The molecule has 0 aliphatic heterocycles. The van der Waals surface area contributed by atoms with Crippen molar-refractivity contribution in [2.45, 2.75) is 0 Å². The van der Waals surface area contributed by atoms with Crippen LogP contribution in [0.2, 0.25) is 0 Å².